The molecule has 3 nitrogen and oxygen atoms in total. The van der Waals surface area contributed by atoms with E-state index in [1.807, 2.05) is 17.7 Å². The van der Waals surface area contributed by atoms with Crippen LogP contribution >= 0.6 is 15.9 Å². The molecule has 0 bridgehead atoms. The van der Waals surface area contributed by atoms with Crippen LogP contribution in [0.15, 0.2) is 22.8 Å². The number of aryl methyl sites for hydroxylation is 2. The Morgan fingerprint density at radius 2 is 2.06 bits per heavy atom. The lowest BCUT2D eigenvalue weighted by atomic mass is 10.1. The molecule has 0 N–H and O–H groups in total. The molecule has 0 saturated carbocycles. The molecule has 0 amide bonds. The molecule has 2 aromatic rings. The van der Waals surface area contributed by atoms with Gasteiger partial charge in [0.25, 0.3) is 0 Å². The molecule has 0 unspecified atom stereocenters. The highest BCUT2D eigenvalue weighted by molar-refractivity contribution is 9.10. The molecule has 0 saturated heterocycles. The van der Waals surface area contributed by atoms with Crippen LogP contribution < -0.4 is 0 Å². The normalized spacial score (nSPS) is 10.3. The third-order valence-corrected chi connectivity index (χ3v) is 3.66. The van der Waals surface area contributed by atoms with E-state index in [0.717, 1.165) is 21.6 Å². The summed E-state index contributed by atoms with van der Waals surface area (Å²) in [7, 11) is 1.90. The largest absolute Gasteiger partial charge is 0.321 e. The molecular formula is C13H12BrN3. The smallest absolute Gasteiger partial charge is 0.173 e. The van der Waals surface area contributed by atoms with Gasteiger partial charge < -0.3 is 4.57 Å². The Morgan fingerprint density at radius 3 is 2.59 bits per heavy atom. The standard InChI is InChI=1S/C13H12BrN3/c1-8-4-5-10(9(2)6-8)13-16-11(7-15)12(14)17(13)3/h4-6H,1-3H3. The lowest BCUT2D eigenvalue weighted by Crippen LogP contribution is -1.95. The van der Waals surface area contributed by atoms with Gasteiger partial charge in [-0.3, -0.25) is 0 Å². The van der Waals surface area contributed by atoms with Crippen molar-refractivity contribution in [1.29, 1.82) is 5.26 Å². The summed E-state index contributed by atoms with van der Waals surface area (Å²) in [5.74, 6) is 0.811. The van der Waals surface area contributed by atoms with Crippen molar-refractivity contribution in [1.82, 2.24) is 9.55 Å². The van der Waals surface area contributed by atoms with E-state index < -0.39 is 0 Å². The highest BCUT2D eigenvalue weighted by Crippen LogP contribution is 2.27. The van der Waals surface area contributed by atoms with E-state index in [0.29, 0.717) is 5.69 Å². The SMILES string of the molecule is Cc1ccc(-c2nc(C#N)c(Br)n2C)c(C)c1. The molecule has 0 spiro atoms. The second kappa shape index (κ2) is 4.34. The van der Waals surface area contributed by atoms with Crippen LogP contribution in [-0.4, -0.2) is 9.55 Å². The first kappa shape index (κ1) is 11.9. The number of imidazole rings is 1. The van der Waals surface area contributed by atoms with Gasteiger partial charge in [-0.05, 0) is 35.3 Å². The zero-order chi connectivity index (χ0) is 12.6. The number of nitriles is 1. The Kier molecular flexibility index (Phi) is 3.03. The maximum absolute atomic E-state index is 8.96. The molecule has 0 aliphatic heterocycles. The average molecular weight is 290 g/mol. The molecule has 0 aliphatic rings. The zero-order valence-electron chi connectivity index (χ0n) is 9.95. The minimum atomic E-state index is 0.419. The van der Waals surface area contributed by atoms with E-state index in [9.17, 15) is 0 Å². The fraction of sp³-hybridized carbons (Fsp3) is 0.231. The maximum Gasteiger partial charge on any atom is 0.173 e. The van der Waals surface area contributed by atoms with Gasteiger partial charge in [0, 0.05) is 12.6 Å². The van der Waals surface area contributed by atoms with Crippen molar-refractivity contribution < 1.29 is 0 Å². The van der Waals surface area contributed by atoms with Crippen LogP contribution in [0.2, 0.25) is 0 Å². The van der Waals surface area contributed by atoms with Crippen LogP contribution in [0.4, 0.5) is 0 Å². The average Bonchev–Trinajstić information content (AvgIpc) is 2.57. The molecule has 0 aliphatic carbocycles. The zero-order valence-corrected chi connectivity index (χ0v) is 11.5. The Bertz CT molecular complexity index is 620. The quantitative estimate of drug-likeness (QED) is 0.808. The minimum Gasteiger partial charge on any atom is -0.321 e. The molecule has 0 radical (unpaired) electrons. The first-order valence-corrected chi connectivity index (χ1v) is 6.04. The molecule has 2 rings (SSSR count). The van der Waals surface area contributed by atoms with Crippen molar-refractivity contribution in [3.8, 4) is 17.5 Å². The Labute approximate surface area is 109 Å². The molecule has 0 fully saturated rings. The van der Waals surface area contributed by atoms with Crippen molar-refractivity contribution in [3.05, 3.63) is 39.6 Å². The summed E-state index contributed by atoms with van der Waals surface area (Å²) >= 11 is 3.38. The van der Waals surface area contributed by atoms with Crippen molar-refractivity contribution in [3.63, 3.8) is 0 Å². The molecule has 4 heteroatoms. The van der Waals surface area contributed by atoms with Gasteiger partial charge in [-0.1, -0.05) is 23.8 Å². The third-order valence-electron chi connectivity index (χ3n) is 2.75. The van der Waals surface area contributed by atoms with Crippen molar-refractivity contribution in [2.24, 2.45) is 7.05 Å². The van der Waals surface area contributed by atoms with Crippen LogP contribution in [-0.2, 0) is 7.05 Å². The number of nitrogens with zero attached hydrogens (tertiary/aromatic N) is 3. The topological polar surface area (TPSA) is 41.6 Å². The highest BCUT2D eigenvalue weighted by Gasteiger charge is 2.14. The summed E-state index contributed by atoms with van der Waals surface area (Å²) in [5.41, 5.74) is 3.86. The van der Waals surface area contributed by atoms with E-state index >= 15 is 0 Å². The van der Waals surface area contributed by atoms with Gasteiger partial charge >= 0.3 is 0 Å². The van der Waals surface area contributed by atoms with E-state index in [1.165, 1.54) is 5.56 Å². The van der Waals surface area contributed by atoms with Gasteiger partial charge in [0.2, 0.25) is 0 Å². The number of benzene rings is 1. The van der Waals surface area contributed by atoms with Crippen molar-refractivity contribution in [2.45, 2.75) is 13.8 Å². The van der Waals surface area contributed by atoms with Crippen molar-refractivity contribution in [2.75, 3.05) is 0 Å². The van der Waals surface area contributed by atoms with Crippen molar-refractivity contribution >= 4 is 15.9 Å². The van der Waals surface area contributed by atoms with Gasteiger partial charge in [0.05, 0.1) is 0 Å². The molecule has 86 valence electrons. The molecule has 1 aromatic carbocycles. The molecule has 1 aromatic heterocycles. The minimum absolute atomic E-state index is 0.419. The summed E-state index contributed by atoms with van der Waals surface area (Å²) in [6, 6.07) is 8.29. The van der Waals surface area contributed by atoms with Crippen LogP contribution in [0.1, 0.15) is 16.8 Å². The van der Waals surface area contributed by atoms with Gasteiger partial charge in [0.15, 0.2) is 5.69 Å². The number of aromatic nitrogens is 2. The fourth-order valence-corrected chi connectivity index (χ4v) is 2.20. The second-order valence-electron chi connectivity index (χ2n) is 4.06. The van der Waals surface area contributed by atoms with Gasteiger partial charge in [-0.2, -0.15) is 5.26 Å². The van der Waals surface area contributed by atoms with E-state index in [1.54, 1.807) is 0 Å². The lowest BCUT2D eigenvalue weighted by Gasteiger charge is -2.06. The molecule has 0 atom stereocenters. The van der Waals surface area contributed by atoms with Gasteiger partial charge in [0.1, 0.15) is 16.5 Å². The Balaban J connectivity index is 2.65. The number of hydrogen-bond acceptors (Lipinski definition) is 2. The first-order chi connectivity index (χ1) is 8.04. The summed E-state index contributed by atoms with van der Waals surface area (Å²) < 4.78 is 2.60. The summed E-state index contributed by atoms with van der Waals surface area (Å²) in [6.45, 7) is 4.11. The lowest BCUT2D eigenvalue weighted by molar-refractivity contribution is 0.899. The molecule has 1 heterocycles. The third kappa shape index (κ3) is 1.98. The van der Waals surface area contributed by atoms with E-state index in [4.69, 9.17) is 5.26 Å². The molecular weight excluding hydrogens is 278 g/mol. The Hall–Kier alpha value is -1.60. The number of hydrogen-bond donors (Lipinski definition) is 0. The van der Waals surface area contributed by atoms with Crippen LogP contribution in [0, 0.1) is 25.2 Å². The molecule has 17 heavy (non-hydrogen) atoms. The fourth-order valence-electron chi connectivity index (χ4n) is 1.86. The summed E-state index contributed by atoms with van der Waals surface area (Å²) in [5, 5.41) is 8.96. The Morgan fingerprint density at radius 1 is 1.35 bits per heavy atom. The number of rotatable bonds is 1. The van der Waals surface area contributed by atoms with Gasteiger partial charge in [-0.25, -0.2) is 4.98 Å². The first-order valence-electron chi connectivity index (χ1n) is 5.24. The predicted octanol–water partition coefficient (Wildman–Crippen LogP) is 3.34. The second-order valence-corrected chi connectivity index (χ2v) is 4.82. The predicted molar refractivity (Wildman–Crippen MR) is 70.5 cm³/mol. The maximum atomic E-state index is 8.96. The highest BCUT2D eigenvalue weighted by atomic mass is 79.9. The monoisotopic (exact) mass is 289 g/mol. The van der Waals surface area contributed by atoms with Crippen LogP contribution in [0.5, 0.6) is 0 Å². The van der Waals surface area contributed by atoms with Crippen LogP contribution in [0.3, 0.4) is 0 Å². The van der Waals surface area contributed by atoms with Gasteiger partial charge in [-0.15, -0.1) is 0 Å². The summed E-state index contributed by atoms with van der Waals surface area (Å²) in [4.78, 5) is 4.34. The number of halogens is 1. The summed E-state index contributed by atoms with van der Waals surface area (Å²) in [6.07, 6.45) is 0. The van der Waals surface area contributed by atoms with Crippen LogP contribution in [0.25, 0.3) is 11.4 Å². The van der Waals surface area contributed by atoms with E-state index in [-0.39, 0.29) is 0 Å². The van der Waals surface area contributed by atoms with E-state index in [2.05, 4.69) is 53.0 Å².